The van der Waals surface area contributed by atoms with Crippen molar-refractivity contribution in [3.63, 3.8) is 0 Å². The average molecular weight is 382 g/mol. The summed E-state index contributed by atoms with van der Waals surface area (Å²) in [5.74, 6) is 1.31. The molecule has 1 aliphatic rings. The fourth-order valence-corrected chi connectivity index (χ4v) is 3.33. The van der Waals surface area contributed by atoms with Crippen LogP contribution in [0, 0.1) is 5.92 Å². The van der Waals surface area contributed by atoms with Crippen molar-refractivity contribution in [2.75, 3.05) is 20.3 Å². The fraction of sp³-hybridized carbons (Fsp3) is 0.391. The van der Waals surface area contributed by atoms with Crippen molar-refractivity contribution in [2.45, 2.75) is 32.1 Å². The van der Waals surface area contributed by atoms with Gasteiger partial charge in [0.15, 0.2) is 12.4 Å². The summed E-state index contributed by atoms with van der Waals surface area (Å²) in [4.78, 5) is 24.5. The number of rotatable bonds is 8. The van der Waals surface area contributed by atoms with Crippen LogP contribution in [0.4, 0.5) is 0 Å². The number of hydrogen-bond donors (Lipinski definition) is 0. The van der Waals surface area contributed by atoms with Crippen LogP contribution < -0.4 is 9.47 Å². The molecule has 1 saturated carbocycles. The topological polar surface area (TPSA) is 61.8 Å². The van der Waals surface area contributed by atoms with Crippen molar-refractivity contribution < 1.29 is 23.8 Å². The van der Waals surface area contributed by atoms with Crippen LogP contribution in [-0.4, -0.2) is 32.1 Å². The molecule has 0 atom stereocenters. The van der Waals surface area contributed by atoms with E-state index in [4.69, 9.17) is 14.2 Å². The molecule has 2 aromatic carbocycles. The second kappa shape index (κ2) is 9.93. The van der Waals surface area contributed by atoms with E-state index in [1.807, 2.05) is 0 Å². The maximum atomic E-state index is 12.3. The van der Waals surface area contributed by atoms with E-state index in [-0.39, 0.29) is 18.4 Å². The van der Waals surface area contributed by atoms with Crippen molar-refractivity contribution in [3.8, 4) is 11.5 Å². The predicted molar refractivity (Wildman–Crippen MR) is 106 cm³/mol. The first kappa shape index (κ1) is 19.9. The van der Waals surface area contributed by atoms with Gasteiger partial charge in [0.2, 0.25) is 0 Å². The Labute approximate surface area is 165 Å². The summed E-state index contributed by atoms with van der Waals surface area (Å²) in [5.41, 5.74) is 0.959. The Morgan fingerprint density at radius 1 is 0.857 bits per heavy atom. The third kappa shape index (κ3) is 5.59. The van der Waals surface area contributed by atoms with Crippen LogP contribution in [0.25, 0.3) is 0 Å². The highest BCUT2D eigenvalue weighted by molar-refractivity contribution is 5.98. The molecule has 2 aromatic rings. The number of carbonyl (C=O) groups excluding carboxylic acids is 2. The minimum absolute atomic E-state index is 0.0716. The Hall–Kier alpha value is -2.82. The highest BCUT2D eigenvalue weighted by Gasteiger charge is 2.16. The number of methoxy groups -OCH3 is 1. The van der Waals surface area contributed by atoms with Crippen LogP contribution in [0.1, 0.15) is 52.8 Å². The Morgan fingerprint density at radius 3 is 2.11 bits per heavy atom. The largest absolute Gasteiger partial charge is 0.497 e. The monoisotopic (exact) mass is 382 g/mol. The molecule has 3 rings (SSSR count). The van der Waals surface area contributed by atoms with Gasteiger partial charge in [-0.1, -0.05) is 31.4 Å². The zero-order chi connectivity index (χ0) is 19.8. The van der Waals surface area contributed by atoms with E-state index < -0.39 is 0 Å². The molecule has 0 N–H and O–H groups in total. The van der Waals surface area contributed by atoms with Gasteiger partial charge >= 0.3 is 5.97 Å². The van der Waals surface area contributed by atoms with Gasteiger partial charge < -0.3 is 14.2 Å². The van der Waals surface area contributed by atoms with Gasteiger partial charge in [0.25, 0.3) is 0 Å². The molecule has 28 heavy (non-hydrogen) atoms. The zero-order valence-electron chi connectivity index (χ0n) is 16.2. The van der Waals surface area contributed by atoms with Gasteiger partial charge in [-0.25, -0.2) is 4.79 Å². The van der Waals surface area contributed by atoms with E-state index in [0.717, 1.165) is 18.6 Å². The smallest absolute Gasteiger partial charge is 0.338 e. The zero-order valence-corrected chi connectivity index (χ0v) is 16.2. The fourth-order valence-electron chi connectivity index (χ4n) is 3.33. The lowest BCUT2D eigenvalue weighted by molar-refractivity contribution is 0.0410. The number of esters is 1. The number of carbonyl (C=O) groups is 2. The minimum atomic E-state index is -0.334. The quantitative estimate of drug-likeness (QED) is 0.489. The molecular formula is C23H26O5. The maximum absolute atomic E-state index is 12.3. The van der Waals surface area contributed by atoms with E-state index in [9.17, 15) is 9.59 Å². The number of ketones is 1. The molecule has 0 aliphatic heterocycles. The standard InChI is InChI=1S/C23H26O5/c1-26-20-11-13-21(14-12-20)27-16-22(24)18-7-9-19(10-8-18)23(25)28-15-17-5-3-2-4-6-17/h7-14,17H,2-6,15-16H2,1H3. The molecule has 0 heterocycles. The summed E-state index contributed by atoms with van der Waals surface area (Å²) in [6.45, 7) is 0.410. The highest BCUT2D eigenvalue weighted by Crippen LogP contribution is 2.24. The lowest BCUT2D eigenvalue weighted by Gasteiger charge is -2.21. The van der Waals surface area contributed by atoms with Crippen molar-refractivity contribution >= 4 is 11.8 Å². The molecule has 0 radical (unpaired) electrons. The van der Waals surface area contributed by atoms with E-state index in [1.54, 1.807) is 55.6 Å². The van der Waals surface area contributed by atoms with Crippen molar-refractivity contribution in [2.24, 2.45) is 5.92 Å². The van der Waals surface area contributed by atoms with E-state index in [1.165, 1.54) is 19.3 Å². The molecular weight excluding hydrogens is 356 g/mol. The molecule has 0 amide bonds. The van der Waals surface area contributed by atoms with Crippen LogP contribution in [0.2, 0.25) is 0 Å². The first-order valence-electron chi connectivity index (χ1n) is 9.73. The second-order valence-electron chi connectivity index (χ2n) is 7.07. The van der Waals surface area contributed by atoms with Gasteiger partial charge in [0.05, 0.1) is 19.3 Å². The Balaban J connectivity index is 1.48. The van der Waals surface area contributed by atoms with Crippen molar-refractivity contribution in [3.05, 3.63) is 59.7 Å². The number of ether oxygens (including phenoxy) is 3. The van der Waals surface area contributed by atoms with Gasteiger partial charge in [-0.15, -0.1) is 0 Å². The van der Waals surface area contributed by atoms with Gasteiger partial charge in [-0.05, 0) is 55.2 Å². The van der Waals surface area contributed by atoms with Gasteiger partial charge in [-0.3, -0.25) is 4.79 Å². The molecule has 0 unspecified atom stereocenters. The average Bonchev–Trinajstić information content (AvgIpc) is 2.77. The summed E-state index contributed by atoms with van der Waals surface area (Å²) < 4.78 is 16.0. The molecule has 5 heteroatoms. The first-order chi connectivity index (χ1) is 13.7. The molecule has 0 spiro atoms. The third-order valence-electron chi connectivity index (χ3n) is 5.05. The van der Waals surface area contributed by atoms with Crippen LogP contribution in [0.5, 0.6) is 11.5 Å². The lowest BCUT2D eigenvalue weighted by Crippen LogP contribution is -2.17. The summed E-state index contributed by atoms with van der Waals surface area (Å²) in [6.07, 6.45) is 5.99. The Morgan fingerprint density at radius 2 is 1.46 bits per heavy atom. The normalized spacial score (nSPS) is 14.3. The molecule has 0 bridgehead atoms. The Kier molecular flexibility index (Phi) is 7.06. The molecule has 5 nitrogen and oxygen atoms in total. The predicted octanol–water partition coefficient (Wildman–Crippen LogP) is 4.69. The van der Waals surface area contributed by atoms with Crippen molar-refractivity contribution in [1.82, 2.24) is 0 Å². The summed E-state index contributed by atoms with van der Waals surface area (Å²) in [7, 11) is 1.59. The molecule has 1 aliphatic carbocycles. The lowest BCUT2D eigenvalue weighted by atomic mass is 9.90. The Bertz CT molecular complexity index is 774. The summed E-state index contributed by atoms with van der Waals surface area (Å²) >= 11 is 0. The summed E-state index contributed by atoms with van der Waals surface area (Å²) in [6, 6.07) is 13.6. The number of Topliss-reactive ketones (excluding diaryl/α,β-unsaturated/α-hetero) is 1. The third-order valence-corrected chi connectivity index (χ3v) is 5.05. The van der Waals surface area contributed by atoms with Crippen LogP contribution in [0.15, 0.2) is 48.5 Å². The maximum Gasteiger partial charge on any atom is 0.338 e. The second-order valence-corrected chi connectivity index (χ2v) is 7.07. The molecule has 148 valence electrons. The van der Waals surface area contributed by atoms with Crippen molar-refractivity contribution in [1.29, 1.82) is 0 Å². The molecule has 0 aromatic heterocycles. The van der Waals surface area contributed by atoms with E-state index in [0.29, 0.717) is 29.4 Å². The molecule has 1 fully saturated rings. The first-order valence-corrected chi connectivity index (χ1v) is 9.73. The highest BCUT2D eigenvalue weighted by atomic mass is 16.5. The number of hydrogen-bond acceptors (Lipinski definition) is 5. The van der Waals surface area contributed by atoms with E-state index in [2.05, 4.69) is 0 Å². The van der Waals surface area contributed by atoms with Crippen LogP contribution in [-0.2, 0) is 4.74 Å². The minimum Gasteiger partial charge on any atom is -0.497 e. The summed E-state index contributed by atoms with van der Waals surface area (Å²) in [5, 5.41) is 0. The van der Waals surface area contributed by atoms with Gasteiger partial charge in [0.1, 0.15) is 11.5 Å². The van der Waals surface area contributed by atoms with Crippen LogP contribution >= 0.6 is 0 Å². The molecule has 0 saturated heterocycles. The van der Waals surface area contributed by atoms with Crippen LogP contribution in [0.3, 0.4) is 0 Å². The number of benzene rings is 2. The van der Waals surface area contributed by atoms with Gasteiger partial charge in [0, 0.05) is 5.56 Å². The van der Waals surface area contributed by atoms with E-state index >= 15 is 0 Å². The SMILES string of the molecule is COc1ccc(OCC(=O)c2ccc(C(=O)OCC3CCCCC3)cc2)cc1. The van der Waals surface area contributed by atoms with Gasteiger partial charge in [-0.2, -0.15) is 0 Å².